The molecule has 1 rings (SSSR count). The van der Waals surface area contributed by atoms with Gasteiger partial charge in [0.2, 0.25) is 5.91 Å². The molecule has 0 bridgehead atoms. The molecule has 5 nitrogen and oxygen atoms in total. The third-order valence-corrected chi connectivity index (χ3v) is 3.66. The summed E-state index contributed by atoms with van der Waals surface area (Å²) >= 11 is 0. The van der Waals surface area contributed by atoms with Gasteiger partial charge in [-0.25, -0.2) is 4.39 Å². The molecule has 0 aliphatic rings. The number of aliphatic hydroxyl groups excluding tert-OH is 1. The smallest absolute Gasteiger partial charge is 0.251 e. The molecule has 0 saturated carbocycles. The molecule has 1 aromatic carbocycles. The lowest BCUT2D eigenvalue weighted by atomic mass is 10.0. The van der Waals surface area contributed by atoms with Crippen LogP contribution in [0.25, 0.3) is 0 Å². The molecule has 0 aliphatic heterocycles. The number of carbonyl (C=O) groups is 2. The molecule has 3 N–H and O–H groups in total. The monoisotopic (exact) mass is 338 g/mol. The van der Waals surface area contributed by atoms with E-state index in [2.05, 4.69) is 10.6 Å². The molecular weight excluding hydrogens is 311 g/mol. The molecule has 1 aromatic rings. The lowest BCUT2D eigenvalue weighted by Gasteiger charge is -2.25. The van der Waals surface area contributed by atoms with E-state index < -0.39 is 17.8 Å². The first-order valence-electron chi connectivity index (χ1n) is 8.22. The van der Waals surface area contributed by atoms with E-state index in [9.17, 15) is 19.1 Å². The zero-order valence-electron chi connectivity index (χ0n) is 14.7. The normalized spacial score (nSPS) is 13.7. The van der Waals surface area contributed by atoms with Crippen LogP contribution >= 0.6 is 0 Å². The van der Waals surface area contributed by atoms with E-state index in [0.29, 0.717) is 12.3 Å². The number of benzene rings is 1. The first kappa shape index (κ1) is 20.1. The fraction of sp³-hybridized carbons (Fsp3) is 0.556. The highest BCUT2D eigenvalue weighted by Gasteiger charge is 2.26. The Labute approximate surface area is 142 Å². The zero-order valence-corrected chi connectivity index (χ0v) is 14.7. The lowest BCUT2D eigenvalue weighted by molar-refractivity contribution is -0.125. The van der Waals surface area contributed by atoms with E-state index >= 15 is 0 Å². The minimum absolute atomic E-state index is 0.132. The van der Waals surface area contributed by atoms with Crippen molar-refractivity contribution in [3.8, 4) is 0 Å². The van der Waals surface area contributed by atoms with Gasteiger partial charge < -0.3 is 15.7 Å². The third kappa shape index (κ3) is 6.28. The maximum absolute atomic E-state index is 12.9. The number of hydrogen-bond acceptors (Lipinski definition) is 3. The molecule has 0 spiro atoms. The summed E-state index contributed by atoms with van der Waals surface area (Å²) in [6.07, 6.45) is 0.652. The SMILES string of the molecule is CC(C)CC(CO)NC(=O)C(NC(=O)c1ccc(F)cc1)C(C)C. The van der Waals surface area contributed by atoms with Crippen molar-refractivity contribution in [3.63, 3.8) is 0 Å². The summed E-state index contributed by atoms with van der Waals surface area (Å²) < 4.78 is 12.9. The van der Waals surface area contributed by atoms with Gasteiger partial charge in [0.25, 0.3) is 5.91 Å². The summed E-state index contributed by atoms with van der Waals surface area (Å²) in [5.74, 6) is -1.00. The molecule has 6 heteroatoms. The van der Waals surface area contributed by atoms with Crippen LogP contribution in [0.1, 0.15) is 44.5 Å². The summed E-state index contributed by atoms with van der Waals surface area (Å²) in [6.45, 7) is 7.51. The molecule has 2 amide bonds. The largest absolute Gasteiger partial charge is 0.394 e. The van der Waals surface area contributed by atoms with Crippen LogP contribution < -0.4 is 10.6 Å². The van der Waals surface area contributed by atoms with Crippen molar-refractivity contribution in [1.82, 2.24) is 10.6 Å². The van der Waals surface area contributed by atoms with Crippen molar-refractivity contribution < 1.29 is 19.1 Å². The van der Waals surface area contributed by atoms with Crippen LogP contribution in [0.5, 0.6) is 0 Å². The van der Waals surface area contributed by atoms with Crippen LogP contribution in [0, 0.1) is 17.7 Å². The highest BCUT2D eigenvalue weighted by molar-refractivity contribution is 5.97. The van der Waals surface area contributed by atoms with Gasteiger partial charge in [-0.15, -0.1) is 0 Å². The molecule has 0 aliphatic carbocycles. The van der Waals surface area contributed by atoms with E-state index in [0.717, 1.165) is 0 Å². The molecule has 134 valence electrons. The van der Waals surface area contributed by atoms with Gasteiger partial charge in [-0.05, 0) is 42.5 Å². The fourth-order valence-electron chi connectivity index (χ4n) is 2.40. The van der Waals surface area contributed by atoms with Crippen LogP contribution in [0.2, 0.25) is 0 Å². The predicted octanol–water partition coefficient (Wildman–Crippen LogP) is 2.10. The first-order chi connectivity index (χ1) is 11.2. The molecule has 2 unspecified atom stereocenters. The molecule has 0 radical (unpaired) electrons. The maximum atomic E-state index is 12.9. The van der Waals surface area contributed by atoms with Crippen LogP contribution in [-0.4, -0.2) is 35.6 Å². The number of halogens is 1. The number of carbonyl (C=O) groups excluding carboxylic acids is 2. The van der Waals surface area contributed by atoms with Gasteiger partial charge in [0.05, 0.1) is 12.6 Å². The van der Waals surface area contributed by atoms with Gasteiger partial charge in [0, 0.05) is 5.56 Å². The molecular formula is C18H27FN2O3. The van der Waals surface area contributed by atoms with Crippen LogP contribution in [0.3, 0.4) is 0 Å². The average molecular weight is 338 g/mol. The van der Waals surface area contributed by atoms with E-state index in [1.165, 1.54) is 24.3 Å². The number of aliphatic hydroxyl groups is 1. The topological polar surface area (TPSA) is 78.4 Å². The minimum Gasteiger partial charge on any atom is -0.394 e. The van der Waals surface area contributed by atoms with E-state index in [1.807, 2.05) is 27.7 Å². The van der Waals surface area contributed by atoms with Crippen molar-refractivity contribution in [2.75, 3.05) is 6.61 Å². The highest BCUT2D eigenvalue weighted by Crippen LogP contribution is 2.09. The Morgan fingerprint density at radius 2 is 1.67 bits per heavy atom. The molecule has 0 saturated heterocycles. The quantitative estimate of drug-likeness (QED) is 0.679. The third-order valence-electron chi connectivity index (χ3n) is 3.66. The maximum Gasteiger partial charge on any atom is 0.251 e. The molecule has 0 heterocycles. The summed E-state index contributed by atoms with van der Waals surface area (Å²) in [6, 6.07) is 4.06. The molecule has 0 aromatic heterocycles. The van der Waals surface area contributed by atoms with Gasteiger partial charge in [-0.3, -0.25) is 9.59 Å². The zero-order chi connectivity index (χ0) is 18.3. The molecule has 0 fully saturated rings. The van der Waals surface area contributed by atoms with Crippen LogP contribution in [0.4, 0.5) is 4.39 Å². The second-order valence-electron chi connectivity index (χ2n) is 6.72. The molecule has 2 atom stereocenters. The predicted molar refractivity (Wildman–Crippen MR) is 91.0 cm³/mol. The second kappa shape index (κ2) is 9.37. The van der Waals surface area contributed by atoms with E-state index in [1.54, 1.807) is 0 Å². The van der Waals surface area contributed by atoms with E-state index in [4.69, 9.17) is 0 Å². The minimum atomic E-state index is -0.733. The summed E-state index contributed by atoms with van der Waals surface area (Å²) in [5.41, 5.74) is 0.288. The molecule has 24 heavy (non-hydrogen) atoms. The standard InChI is InChI=1S/C18H27FN2O3/c1-11(2)9-15(10-22)20-18(24)16(12(3)4)21-17(23)13-5-7-14(19)8-6-13/h5-8,11-12,15-16,22H,9-10H2,1-4H3,(H,20,24)(H,21,23). The summed E-state index contributed by atoms with van der Waals surface area (Å²) in [7, 11) is 0. The van der Waals surface area contributed by atoms with Gasteiger partial charge in [0.1, 0.15) is 11.9 Å². The van der Waals surface area contributed by atoms with Crippen molar-refractivity contribution in [1.29, 1.82) is 0 Å². The van der Waals surface area contributed by atoms with Crippen LogP contribution in [0.15, 0.2) is 24.3 Å². The van der Waals surface area contributed by atoms with Gasteiger partial charge in [0.15, 0.2) is 0 Å². The second-order valence-corrected chi connectivity index (χ2v) is 6.72. The average Bonchev–Trinajstić information content (AvgIpc) is 2.51. The Morgan fingerprint density at radius 3 is 2.12 bits per heavy atom. The Hall–Kier alpha value is -1.95. The Bertz CT molecular complexity index is 544. The number of rotatable bonds is 8. The lowest BCUT2D eigenvalue weighted by Crippen LogP contribution is -2.53. The van der Waals surface area contributed by atoms with Crippen molar-refractivity contribution in [3.05, 3.63) is 35.6 Å². The van der Waals surface area contributed by atoms with Crippen molar-refractivity contribution >= 4 is 11.8 Å². The Balaban J connectivity index is 2.76. The number of amides is 2. The number of nitrogens with one attached hydrogen (secondary N) is 2. The first-order valence-corrected chi connectivity index (χ1v) is 8.22. The van der Waals surface area contributed by atoms with E-state index in [-0.39, 0.29) is 30.0 Å². The van der Waals surface area contributed by atoms with Gasteiger partial charge in [-0.1, -0.05) is 27.7 Å². The van der Waals surface area contributed by atoms with Gasteiger partial charge in [-0.2, -0.15) is 0 Å². The Morgan fingerprint density at radius 1 is 1.08 bits per heavy atom. The summed E-state index contributed by atoms with van der Waals surface area (Å²) in [5, 5.41) is 14.9. The highest BCUT2D eigenvalue weighted by atomic mass is 19.1. The summed E-state index contributed by atoms with van der Waals surface area (Å²) in [4.78, 5) is 24.7. The Kier molecular flexibility index (Phi) is 7.85. The van der Waals surface area contributed by atoms with Gasteiger partial charge >= 0.3 is 0 Å². The van der Waals surface area contributed by atoms with Crippen molar-refractivity contribution in [2.45, 2.75) is 46.2 Å². The van der Waals surface area contributed by atoms with Crippen LogP contribution in [-0.2, 0) is 4.79 Å². The van der Waals surface area contributed by atoms with Crippen molar-refractivity contribution in [2.24, 2.45) is 11.8 Å². The number of hydrogen-bond donors (Lipinski definition) is 3. The fourth-order valence-corrected chi connectivity index (χ4v) is 2.40.